The zero-order valence-electron chi connectivity index (χ0n) is 26.6. The minimum atomic E-state index is -0.751. The average Bonchev–Trinajstić information content (AvgIpc) is 3.22. The lowest BCUT2D eigenvalue weighted by Gasteiger charge is -2.38. The highest BCUT2D eigenvalue weighted by molar-refractivity contribution is 5.91. The van der Waals surface area contributed by atoms with Crippen LogP contribution < -0.4 is 14.2 Å². The molecule has 232 valence electrons. The second-order valence-corrected chi connectivity index (χ2v) is 13.5. The van der Waals surface area contributed by atoms with Crippen molar-refractivity contribution in [1.29, 1.82) is 0 Å². The van der Waals surface area contributed by atoms with Gasteiger partial charge in [-0.05, 0) is 96.5 Å². The third kappa shape index (κ3) is 9.73. The summed E-state index contributed by atoms with van der Waals surface area (Å²) < 4.78 is 28.9. The van der Waals surface area contributed by atoms with Crippen LogP contribution in [0.2, 0.25) is 0 Å². The molecule has 43 heavy (non-hydrogen) atoms. The highest BCUT2D eigenvalue weighted by Crippen LogP contribution is 2.40. The second kappa shape index (κ2) is 12.7. The first-order valence-corrected chi connectivity index (χ1v) is 14.3. The van der Waals surface area contributed by atoms with Crippen molar-refractivity contribution in [2.24, 2.45) is 5.41 Å². The van der Waals surface area contributed by atoms with E-state index in [0.717, 1.165) is 6.08 Å². The average molecular weight is 593 g/mol. The quantitative estimate of drug-likeness (QED) is 0.135. The summed E-state index contributed by atoms with van der Waals surface area (Å²) in [5.41, 5.74) is -1.41. The Morgan fingerprint density at radius 2 is 1.30 bits per heavy atom. The molecule has 2 aromatic rings. The molecule has 1 aliphatic rings. The van der Waals surface area contributed by atoms with E-state index in [-0.39, 0.29) is 17.5 Å². The first-order chi connectivity index (χ1) is 19.8. The number of benzene rings is 2. The van der Waals surface area contributed by atoms with Crippen LogP contribution in [0.1, 0.15) is 85.0 Å². The van der Waals surface area contributed by atoms with Crippen LogP contribution in [0.15, 0.2) is 73.3 Å². The molecule has 1 aliphatic heterocycles. The molecule has 1 atom stereocenters. The van der Waals surface area contributed by atoms with Crippen LogP contribution in [0.5, 0.6) is 17.2 Å². The summed E-state index contributed by atoms with van der Waals surface area (Å²) in [6.45, 7) is 22.7. The summed E-state index contributed by atoms with van der Waals surface area (Å²) in [5, 5.41) is 0. The van der Waals surface area contributed by atoms with Crippen LogP contribution >= 0.6 is 0 Å². The molecule has 1 fully saturated rings. The van der Waals surface area contributed by atoms with Crippen molar-refractivity contribution >= 4 is 17.9 Å². The van der Waals surface area contributed by atoms with E-state index in [1.165, 1.54) is 0 Å². The van der Waals surface area contributed by atoms with Crippen LogP contribution in [-0.2, 0) is 19.1 Å². The van der Waals surface area contributed by atoms with E-state index in [4.69, 9.17) is 23.7 Å². The SMILES string of the molecule is C=CC(=O)OC(C)(C)CC(C)(C)Oc1ccc(OC(=O)c2ccc(OC(C)(C)CC(C)(C)C3CC(=C)C(=O)O3)cc2)cc1. The molecule has 1 unspecified atom stereocenters. The molecule has 8 heteroatoms. The molecule has 3 rings (SSSR count). The van der Waals surface area contributed by atoms with E-state index in [0.29, 0.717) is 47.6 Å². The molecule has 0 saturated carbocycles. The topological polar surface area (TPSA) is 97.4 Å². The number of hydrogen-bond donors (Lipinski definition) is 0. The van der Waals surface area contributed by atoms with Crippen molar-refractivity contribution in [3.8, 4) is 17.2 Å². The molecule has 1 saturated heterocycles. The van der Waals surface area contributed by atoms with Crippen molar-refractivity contribution in [2.45, 2.75) is 97.6 Å². The summed E-state index contributed by atoms with van der Waals surface area (Å²) in [7, 11) is 0. The molecule has 0 spiro atoms. The van der Waals surface area contributed by atoms with Gasteiger partial charge < -0.3 is 23.7 Å². The Balaban J connectivity index is 1.55. The molecule has 0 aliphatic carbocycles. The summed E-state index contributed by atoms with van der Waals surface area (Å²) in [4.78, 5) is 36.2. The number of hydrogen-bond acceptors (Lipinski definition) is 8. The molecule has 0 N–H and O–H groups in total. The lowest BCUT2D eigenvalue weighted by atomic mass is 9.76. The lowest BCUT2D eigenvalue weighted by molar-refractivity contribution is -0.154. The molecule has 0 aromatic heterocycles. The van der Waals surface area contributed by atoms with Gasteiger partial charge in [0.05, 0.1) is 5.56 Å². The van der Waals surface area contributed by atoms with E-state index in [9.17, 15) is 14.4 Å². The minimum absolute atomic E-state index is 0.249. The zero-order chi connectivity index (χ0) is 32.2. The van der Waals surface area contributed by atoms with Crippen molar-refractivity contribution < 1.29 is 38.1 Å². The van der Waals surface area contributed by atoms with Gasteiger partial charge in [0.1, 0.15) is 40.2 Å². The highest BCUT2D eigenvalue weighted by Gasteiger charge is 2.43. The first-order valence-electron chi connectivity index (χ1n) is 14.3. The molecule has 2 aromatic carbocycles. The number of carbonyl (C=O) groups is 3. The summed E-state index contributed by atoms with van der Waals surface area (Å²) in [6.07, 6.45) is 2.47. The van der Waals surface area contributed by atoms with Crippen molar-refractivity contribution in [1.82, 2.24) is 0 Å². The Morgan fingerprint density at radius 3 is 1.79 bits per heavy atom. The first kappa shape index (κ1) is 33.4. The van der Waals surface area contributed by atoms with Gasteiger partial charge in [0, 0.05) is 29.9 Å². The van der Waals surface area contributed by atoms with Gasteiger partial charge in [-0.2, -0.15) is 0 Å². The van der Waals surface area contributed by atoms with Gasteiger partial charge in [-0.3, -0.25) is 0 Å². The number of ether oxygens (including phenoxy) is 5. The Hall–Kier alpha value is -4.07. The fourth-order valence-corrected chi connectivity index (χ4v) is 5.69. The standard InChI is InChI=1S/C35H44O8/c1-11-29(36)43-35(9,10)22-34(7,8)42-27-18-16-25(17-19-27)39-31(38)24-12-14-26(15-13-24)41-33(5,6)21-32(3,4)28-20-23(2)30(37)40-28/h11-19,28H,1-2,20-22H2,3-10H3. The monoisotopic (exact) mass is 592 g/mol. The summed E-state index contributed by atoms with van der Waals surface area (Å²) in [5.74, 6) is 0.233. The Morgan fingerprint density at radius 1 is 0.814 bits per heavy atom. The fraction of sp³-hybridized carbons (Fsp3) is 0.457. The smallest absolute Gasteiger partial charge is 0.343 e. The maximum absolute atomic E-state index is 12.8. The van der Waals surface area contributed by atoms with E-state index < -0.39 is 28.7 Å². The summed E-state index contributed by atoms with van der Waals surface area (Å²) in [6, 6.07) is 13.5. The molecule has 1 heterocycles. The molecule has 0 amide bonds. The van der Waals surface area contributed by atoms with Gasteiger partial charge in [0.15, 0.2) is 0 Å². The molecule has 0 bridgehead atoms. The van der Waals surface area contributed by atoms with Crippen molar-refractivity contribution in [3.63, 3.8) is 0 Å². The molecular weight excluding hydrogens is 548 g/mol. The normalized spacial score (nSPS) is 15.9. The van der Waals surface area contributed by atoms with Gasteiger partial charge in [-0.1, -0.05) is 27.0 Å². The number of carbonyl (C=O) groups excluding carboxylic acids is 3. The van der Waals surface area contributed by atoms with Crippen LogP contribution in [-0.4, -0.2) is 40.8 Å². The predicted octanol–water partition coefficient (Wildman–Crippen LogP) is 7.41. The van der Waals surface area contributed by atoms with E-state index in [1.807, 2.05) is 41.5 Å². The lowest BCUT2D eigenvalue weighted by Crippen LogP contribution is -2.40. The van der Waals surface area contributed by atoms with Crippen LogP contribution in [0.25, 0.3) is 0 Å². The maximum atomic E-state index is 12.8. The summed E-state index contributed by atoms with van der Waals surface area (Å²) >= 11 is 0. The maximum Gasteiger partial charge on any atom is 0.343 e. The van der Waals surface area contributed by atoms with Gasteiger partial charge in [0.2, 0.25) is 0 Å². The van der Waals surface area contributed by atoms with Gasteiger partial charge in [-0.15, -0.1) is 0 Å². The Bertz CT molecular complexity index is 1330. The van der Waals surface area contributed by atoms with Gasteiger partial charge >= 0.3 is 17.9 Å². The fourth-order valence-electron chi connectivity index (χ4n) is 5.69. The van der Waals surface area contributed by atoms with Crippen molar-refractivity contribution in [3.05, 3.63) is 78.9 Å². The molecular formula is C35H44O8. The third-order valence-electron chi connectivity index (χ3n) is 7.03. The van der Waals surface area contributed by atoms with Crippen LogP contribution in [0.3, 0.4) is 0 Å². The van der Waals surface area contributed by atoms with E-state index in [1.54, 1.807) is 48.5 Å². The number of esters is 3. The van der Waals surface area contributed by atoms with Gasteiger partial charge in [0.25, 0.3) is 0 Å². The number of rotatable bonds is 13. The Kier molecular flexibility index (Phi) is 9.84. The predicted molar refractivity (Wildman–Crippen MR) is 164 cm³/mol. The van der Waals surface area contributed by atoms with Crippen LogP contribution in [0, 0.1) is 5.41 Å². The highest BCUT2D eigenvalue weighted by atomic mass is 16.6. The van der Waals surface area contributed by atoms with Gasteiger partial charge in [-0.25, -0.2) is 14.4 Å². The van der Waals surface area contributed by atoms with E-state index in [2.05, 4.69) is 27.0 Å². The van der Waals surface area contributed by atoms with Crippen molar-refractivity contribution in [2.75, 3.05) is 0 Å². The largest absolute Gasteiger partial charge is 0.488 e. The van der Waals surface area contributed by atoms with E-state index >= 15 is 0 Å². The minimum Gasteiger partial charge on any atom is -0.488 e. The molecule has 0 radical (unpaired) electrons. The molecule has 8 nitrogen and oxygen atoms in total. The van der Waals surface area contributed by atoms with Crippen LogP contribution in [0.4, 0.5) is 0 Å². The number of cyclic esters (lactones) is 1. The Labute approximate surface area is 255 Å². The third-order valence-corrected chi connectivity index (χ3v) is 7.03. The second-order valence-electron chi connectivity index (χ2n) is 13.5. The zero-order valence-corrected chi connectivity index (χ0v) is 26.6.